The van der Waals surface area contributed by atoms with Crippen molar-refractivity contribution in [1.82, 2.24) is 9.88 Å². The van der Waals surface area contributed by atoms with Crippen molar-refractivity contribution in [3.05, 3.63) is 36.0 Å². The molecule has 1 N–H and O–H groups in total. The molecule has 1 aromatic carbocycles. The van der Waals surface area contributed by atoms with E-state index < -0.39 is 22.4 Å². The van der Waals surface area contributed by atoms with Crippen molar-refractivity contribution in [3.63, 3.8) is 0 Å². The molecule has 2 heterocycles. The lowest BCUT2D eigenvalue weighted by molar-refractivity contribution is -0.137. The van der Waals surface area contributed by atoms with Crippen LogP contribution >= 0.6 is 0 Å². The number of H-pyrrole nitrogens is 1. The zero-order valence-corrected chi connectivity index (χ0v) is 16.3. The fraction of sp³-hybridized carbons (Fsp3) is 0.474. The average Bonchev–Trinajstić information content (AvgIpc) is 3.20. The van der Waals surface area contributed by atoms with E-state index >= 15 is 0 Å². The third-order valence-corrected chi connectivity index (χ3v) is 6.42. The van der Waals surface area contributed by atoms with E-state index in [0.29, 0.717) is 18.5 Å². The van der Waals surface area contributed by atoms with E-state index in [4.69, 9.17) is 4.74 Å². The minimum atomic E-state index is -3.11. The standard InChI is InChI=1S/C19H24N2O5S/c1-13(2)10-21(14-7-8-27(24,25)12-14)18(22)11-26-19(23)16-9-20-17-6-4-3-5-15(16)17/h3-6,9,13-14,20H,7-8,10-12H2,1-2H3. The van der Waals surface area contributed by atoms with E-state index in [-0.39, 0.29) is 29.4 Å². The minimum absolute atomic E-state index is 0.0259. The number of para-hydroxylation sites is 1. The maximum Gasteiger partial charge on any atom is 0.340 e. The third kappa shape index (κ3) is 4.50. The molecule has 146 valence electrons. The molecule has 1 atom stereocenters. The van der Waals surface area contributed by atoms with Gasteiger partial charge in [0, 0.05) is 29.7 Å². The summed E-state index contributed by atoms with van der Waals surface area (Å²) < 4.78 is 28.8. The van der Waals surface area contributed by atoms with Crippen LogP contribution in [-0.2, 0) is 19.4 Å². The van der Waals surface area contributed by atoms with Gasteiger partial charge in [-0.2, -0.15) is 0 Å². The Hall–Kier alpha value is -2.35. The normalized spacial score (nSPS) is 18.7. The number of carbonyl (C=O) groups is 2. The summed E-state index contributed by atoms with van der Waals surface area (Å²) in [5, 5.41) is 0.732. The SMILES string of the molecule is CC(C)CN(C(=O)COC(=O)c1c[nH]c2ccccc12)C1CCS(=O)(=O)C1. The van der Waals surface area contributed by atoms with Crippen molar-refractivity contribution >= 4 is 32.6 Å². The molecule has 0 aliphatic carbocycles. The van der Waals surface area contributed by atoms with Crippen molar-refractivity contribution < 1.29 is 22.7 Å². The number of aromatic amines is 1. The Morgan fingerprint density at radius 1 is 1.30 bits per heavy atom. The van der Waals surface area contributed by atoms with Gasteiger partial charge in [-0.25, -0.2) is 13.2 Å². The van der Waals surface area contributed by atoms with E-state index in [1.54, 1.807) is 17.2 Å². The lowest BCUT2D eigenvalue weighted by Gasteiger charge is -2.29. The van der Waals surface area contributed by atoms with Gasteiger partial charge in [0.05, 0.1) is 17.1 Å². The molecule has 0 radical (unpaired) electrons. The number of nitrogens with zero attached hydrogens (tertiary/aromatic N) is 1. The topological polar surface area (TPSA) is 96.5 Å². The number of sulfone groups is 1. The van der Waals surface area contributed by atoms with E-state index in [2.05, 4.69) is 4.98 Å². The maximum absolute atomic E-state index is 12.7. The summed E-state index contributed by atoms with van der Waals surface area (Å²) in [5.41, 5.74) is 1.19. The molecule has 1 aromatic heterocycles. The molecule has 1 aliphatic rings. The van der Waals surface area contributed by atoms with Crippen molar-refractivity contribution in [2.24, 2.45) is 5.92 Å². The highest BCUT2D eigenvalue weighted by Crippen LogP contribution is 2.21. The summed E-state index contributed by atoms with van der Waals surface area (Å²) >= 11 is 0. The summed E-state index contributed by atoms with van der Waals surface area (Å²) in [4.78, 5) is 29.6. The van der Waals surface area contributed by atoms with Gasteiger partial charge >= 0.3 is 5.97 Å². The Morgan fingerprint density at radius 3 is 2.70 bits per heavy atom. The van der Waals surface area contributed by atoms with Crippen molar-refractivity contribution in [2.75, 3.05) is 24.7 Å². The van der Waals surface area contributed by atoms with Gasteiger partial charge in [0.2, 0.25) is 0 Å². The predicted octanol–water partition coefficient (Wildman–Crippen LogP) is 2.00. The van der Waals surface area contributed by atoms with E-state index in [1.165, 1.54) is 0 Å². The van der Waals surface area contributed by atoms with Gasteiger partial charge in [-0.05, 0) is 18.4 Å². The van der Waals surface area contributed by atoms with Crippen molar-refractivity contribution in [1.29, 1.82) is 0 Å². The lowest BCUT2D eigenvalue weighted by atomic mass is 10.1. The summed E-state index contributed by atoms with van der Waals surface area (Å²) in [6.45, 7) is 3.95. The number of esters is 1. The molecule has 1 amide bonds. The fourth-order valence-corrected chi connectivity index (χ4v) is 5.13. The van der Waals surface area contributed by atoms with Crippen LogP contribution in [-0.4, -0.2) is 60.9 Å². The van der Waals surface area contributed by atoms with Crippen LogP contribution in [0.3, 0.4) is 0 Å². The van der Waals surface area contributed by atoms with Crippen LogP contribution in [0.4, 0.5) is 0 Å². The number of hydrogen-bond donors (Lipinski definition) is 1. The Labute approximate surface area is 158 Å². The molecular weight excluding hydrogens is 368 g/mol. The molecule has 3 rings (SSSR count). The van der Waals surface area contributed by atoms with Gasteiger partial charge in [-0.15, -0.1) is 0 Å². The first-order valence-electron chi connectivity index (χ1n) is 9.00. The zero-order valence-electron chi connectivity index (χ0n) is 15.5. The van der Waals surface area contributed by atoms with Crippen LogP contribution in [0.1, 0.15) is 30.6 Å². The van der Waals surface area contributed by atoms with Crippen molar-refractivity contribution in [3.8, 4) is 0 Å². The van der Waals surface area contributed by atoms with Crippen LogP contribution in [0.15, 0.2) is 30.5 Å². The number of aromatic nitrogens is 1. The summed E-state index contributed by atoms with van der Waals surface area (Å²) in [6.07, 6.45) is 1.99. The molecular formula is C19H24N2O5S. The average molecular weight is 392 g/mol. The van der Waals surface area contributed by atoms with Gasteiger partial charge in [0.15, 0.2) is 16.4 Å². The van der Waals surface area contributed by atoms with E-state index in [9.17, 15) is 18.0 Å². The Kier molecular flexibility index (Phi) is 5.55. The van der Waals surface area contributed by atoms with Gasteiger partial charge in [-0.1, -0.05) is 32.0 Å². The fourth-order valence-electron chi connectivity index (χ4n) is 3.40. The molecule has 0 bridgehead atoms. The van der Waals surface area contributed by atoms with Crippen LogP contribution in [0, 0.1) is 5.92 Å². The van der Waals surface area contributed by atoms with E-state index in [1.807, 2.05) is 32.0 Å². The predicted molar refractivity (Wildman–Crippen MR) is 102 cm³/mol. The molecule has 2 aromatic rings. The Bertz CT molecular complexity index is 948. The number of rotatable bonds is 6. The number of benzene rings is 1. The number of amides is 1. The molecule has 8 heteroatoms. The highest BCUT2D eigenvalue weighted by molar-refractivity contribution is 7.91. The molecule has 27 heavy (non-hydrogen) atoms. The maximum atomic E-state index is 12.7. The first kappa shape index (κ1) is 19.4. The monoisotopic (exact) mass is 392 g/mol. The van der Waals surface area contributed by atoms with Crippen LogP contribution in [0.25, 0.3) is 10.9 Å². The lowest BCUT2D eigenvalue weighted by Crippen LogP contribution is -2.45. The zero-order chi connectivity index (χ0) is 19.6. The van der Waals surface area contributed by atoms with Gasteiger partial charge in [0.1, 0.15) is 0 Å². The number of carbonyl (C=O) groups excluding carboxylic acids is 2. The third-order valence-electron chi connectivity index (χ3n) is 4.67. The van der Waals surface area contributed by atoms with Gasteiger partial charge in [-0.3, -0.25) is 4.79 Å². The number of hydrogen-bond acceptors (Lipinski definition) is 5. The molecule has 7 nitrogen and oxygen atoms in total. The number of nitrogens with one attached hydrogen (secondary N) is 1. The highest BCUT2D eigenvalue weighted by atomic mass is 32.2. The van der Waals surface area contributed by atoms with Crippen molar-refractivity contribution in [2.45, 2.75) is 26.3 Å². The highest BCUT2D eigenvalue weighted by Gasteiger charge is 2.35. The molecule has 1 saturated heterocycles. The van der Waals surface area contributed by atoms with Crippen LogP contribution in [0.2, 0.25) is 0 Å². The largest absolute Gasteiger partial charge is 0.452 e. The molecule has 1 aliphatic heterocycles. The molecule has 0 saturated carbocycles. The summed E-state index contributed by atoms with van der Waals surface area (Å²) in [5.74, 6) is -0.693. The second-order valence-corrected chi connectivity index (χ2v) is 9.55. The molecule has 1 fully saturated rings. The summed E-state index contributed by atoms with van der Waals surface area (Å²) in [6, 6.07) is 6.98. The second-order valence-electron chi connectivity index (χ2n) is 7.32. The minimum Gasteiger partial charge on any atom is -0.452 e. The first-order chi connectivity index (χ1) is 12.8. The molecule has 1 unspecified atom stereocenters. The van der Waals surface area contributed by atoms with Gasteiger partial charge in [0.25, 0.3) is 5.91 Å². The Morgan fingerprint density at radius 2 is 2.04 bits per heavy atom. The quantitative estimate of drug-likeness (QED) is 0.759. The van der Waals surface area contributed by atoms with Crippen LogP contribution < -0.4 is 0 Å². The van der Waals surface area contributed by atoms with E-state index in [0.717, 1.165) is 10.9 Å². The smallest absolute Gasteiger partial charge is 0.340 e. The number of fused-ring (bicyclic) bond motifs is 1. The second kappa shape index (κ2) is 7.72. The van der Waals surface area contributed by atoms with Crippen LogP contribution in [0.5, 0.6) is 0 Å². The number of ether oxygens (including phenoxy) is 1. The first-order valence-corrected chi connectivity index (χ1v) is 10.8. The summed E-state index contributed by atoms with van der Waals surface area (Å²) in [7, 11) is -3.11. The Balaban J connectivity index is 1.67. The van der Waals surface area contributed by atoms with Gasteiger partial charge < -0.3 is 14.6 Å². The molecule has 0 spiro atoms.